The van der Waals surface area contributed by atoms with Crippen LogP contribution >= 0.6 is 11.3 Å². The molecular weight excluding hydrogens is 349 g/mol. The van der Waals surface area contributed by atoms with Gasteiger partial charge in [-0.05, 0) is 23.3 Å². The lowest BCUT2D eigenvalue weighted by molar-refractivity contribution is 0.191. The lowest BCUT2D eigenvalue weighted by Gasteiger charge is -2.13. The van der Waals surface area contributed by atoms with Crippen LogP contribution in [-0.4, -0.2) is 21.6 Å². The summed E-state index contributed by atoms with van der Waals surface area (Å²) >= 11 is 1.51. The highest BCUT2D eigenvalue weighted by Gasteiger charge is 2.14. The fourth-order valence-electron chi connectivity index (χ4n) is 2.84. The summed E-state index contributed by atoms with van der Waals surface area (Å²) in [7, 11) is 0. The van der Waals surface area contributed by atoms with E-state index in [4.69, 9.17) is 0 Å². The van der Waals surface area contributed by atoms with Gasteiger partial charge in [-0.3, -0.25) is 0 Å². The van der Waals surface area contributed by atoms with Gasteiger partial charge in [-0.1, -0.05) is 42.5 Å². The molecule has 2 heterocycles. The Morgan fingerprint density at radius 3 is 2.58 bits per heavy atom. The topological polar surface area (TPSA) is 58.0 Å². The molecule has 0 aliphatic rings. The highest BCUT2D eigenvalue weighted by atomic mass is 32.1. The van der Waals surface area contributed by atoms with Crippen LogP contribution in [0.3, 0.4) is 0 Å². The van der Waals surface area contributed by atoms with Crippen LogP contribution in [0.1, 0.15) is 11.7 Å². The standard InChI is InChI=1S/C20H16FN3OS/c21-15-8-6-13(7-9-15)16-11-26-20-18(16)19(23-12-24-20)22-10-17(25)14-4-2-1-3-5-14/h1-9,11-12,17,25H,10H2,(H,22,23,24). The average molecular weight is 365 g/mol. The second-order valence-corrected chi connectivity index (χ2v) is 6.72. The smallest absolute Gasteiger partial charge is 0.138 e. The highest BCUT2D eigenvalue weighted by Crippen LogP contribution is 2.36. The number of aliphatic hydroxyl groups excluding tert-OH is 1. The molecule has 0 saturated heterocycles. The van der Waals surface area contributed by atoms with Gasteiger partial charge in [0.25, 0.3) is 0 Å². The predicted molar refractivity (Wildman–Crippen MR) is 103 cm³/mol. The van der Waals surface area contributed by atoms with Gasteiger partial charge in [0.15, 0.2) is 0 Å². The molecule has 0 radical (unpaired) electrons. The largest absolute Gasteiger partial charge is 0.387 e. The van der Waals surface area contributed by atoms with Crippen molar-refractivity contribution in [3.63, 3.8) is 0 Å². The molecule has 4 nitrogen and oxygen atoms in total. The lowest BCUT2D eigenvalue weighted by atomic mass is 10.1. The molecule has 0 spiro atoms. The Labute approximate surface area is 154 Å². The van der Waals surface area contributed by atoms with Crippen molar-refractivity contribution >= 4 is 27.4 Å². The van der Waals surface area contributed by atoms with Crippen molar-refractivity contribution in [1.82, 2.24) is 9.97 Å². The van der Waals surface area contributed by atoms with E-state index in [9.17, 15) is 9.50 Å². The van der Waals surface area contributed by atoms with Gasteiger partial charge in [0, 0.05) is 17.5 Å². The van der Waals surface area contributed by atoms with E-state index in [1.54, 1.807) is 12.1 Å². The zero-order valence-electron chi connectivity index (χ0n) is 13.8. The minimum absolute atomic E-state index is 0.270. The van der Waals surface area contributed by atoms with Gasteiger partial charge in [-0.2, -0.15) is 0 Å². The van der Waals surface area contributed by atoms with E-state index in [1.165, 1.54) is 29.8 Å². The summed E-state index contributed by atoms with van der Waals surface area (Å²) in [5.74, 6) is 0.388. The highest BCUT2D eigenvalue weighted by molar-refractivity contribution is 7.17. The molecule has 0 aliphatic heterocycles. The van der Waals surface area contributed by atoms with Crippen LogP contribution in [0.15, 0.2) is 66.3 Å². The van der Waals surface area contributed by atoms with Crippen LogP contribution in [0, 0.1) is 5.82 Å². The van der Waals surface area contributed by atoms with Gasteiger partial charge < -0.3 is 10.4 Å². The third kappa shape index (κ3) is 3.29. The zero-order chi connectivity index (χ0) is 17.9. The first kappa shape index (κ1) is 16.6. The molecule has 130 valence electrons. The number of aromatic nitrogens is 2. The van der Waals surface area contributed by atoms with Crippen molar-refractivity contribution in [3.05, 3.63) is 77.7 Å². The molecular formula is C20H16FN3OS. The van der Waals surface area contributed by atoms with Gasteiger partial charge >= 0.3 is 0 Å². The third-order valence-electron chi connectivity index (χ3n) is 4.17. The molecule has 0 fully saturated rings. The van der Waals surface area contributed by atoms with E-state index in [1.807, 2.05) is 35.7 Å². The Morgan fingerprint density at radius 1 is 1.04 bits per heavy atom. The number of anilines is 1. The maximum Gasteiger partial charge on any atom is 0.138 e. The van der Waals surface area contributed by atoms with Gasteiger partial charge in [0.1, 0.15) is 22.8 Å². The first-order chi connectivity index (χ1) is 12.7. The molecule has 4 rings (SSSR count). The van der Waals surface area contributed by atoms with Crippen LogP contribution in [0.2, 0.25) is 0 Å². The molecule has 26 heavy (non-hydrogen) atoms. The van der Waals surface area contributed by atoms with Crippen molar-refractivity contribution in [2.24, 2.45) is 0 Å². The maximum atomic E-state index is 13.2. The number of aliphatic hydroxyl groups is 1. The number of fused-ring (bicyclic) bond motifs is 1. The molecule has 0 bridgehead atoms. The third-order valence-corrected chi connectivity index (χ3v) is 5.06. The van der Waals surface area contributed by atoms with E-state index >= 15 is 0 Å². The molecule has 0 aliphatic carbocycles. The number of halogens is 1. The van der Waals surface area contributed by atoms with Crippen molar-refractivity contribution in [2.45, 2.75) is 6.10 Å². The normalized spacial score (nSPS) is 12.2. The lowest BCUT2D eigenvalue weighted by Crippen LogP contribution is -2.13. The minimum atomic E-state index is -0.644. The van der Waals surface area contributed by atoms with E-state index in [-0.39, 0.29) is 5.82 Å². The summed E-state index contributed by atoms with van der Waals surface area (Å²) in [6, 6.07) is 15.8. The average Bonchev–Trinajstić information content (AvgIpc) is 3.12. The summed E-state index contributed by atoms with van der Waals surface area (Å²) in [5, 5.41) is 16.5. The Bertz CT molecular complexity index is 1020. The fraction of sp³-hybridized carbons (Fsp3) is 0.100. The second-order valence-electron chi connectivity index (χ2n) is 5.87. The Kier molecular flexibility index (Phi) is 4.60. The summed E-state index contributed by atoms with van der Waals surface area (Å²) in [6.45, 7) is 0.328. The number of hydrogen-bond donors (Lipinski definition) is 2. The molecule has 1 atom stereocenters. The summed E-state index contributed by atoms with van der Waals surface area (Å²) < 4.78 is 13.2. The molecule has 2 aromatic carbocycles. The summed E-state index contributed by atoms with van der Waals surface area (Å²) in [6.07, 6.45) is 0.860. The van der Waals surface area contributed by atoms with Crippen molar-refractivity contribution in [2.75, 3.05) is 11.9 Å². The second kappa shape index (κ2) is 7.19. The number of hydrogen-bond acceptors (Lipinski definition) is 5. The number of thiophene rings is 1. The number of nitrogens with one attached hydrogen (secondary N) is 1. The van der Waals surface area contributed by atoms with Crippen LogP contribution in [0.5, 0.6) is 0 Å². The molecule has 2 N–H and O–H groups in total. The van der Waals surface area contributed by atoms with E-state index in [0.29, 0.717) is 12.4 Å². The number of nitrogens with zero attached hydrogens (tertiary/aromatic N) is 2. The fourth-order valence-corrected chi connectivity index (χ4v) is 3.75. The van der Waals surface area contributed by atoms with E-state index < -0.39 is 6.10 Å². The quantitative estimate of drug-likeness (QED) is 0.541. The van der Waals surface area contributed by atoms with Gasteiger partial charge in [0.2, 0.25) is 0 Å². The molecule has 6 heteroatoms. The predicted octanol–water partition coefficient (Wildman–Crippen LogP) is 4.64. The SMILES string of the molecule is OC(CNc1ncnc2scc(-c3ccc(F)cc3)c12)c1ccccc1. The first-order valence-electron chi connectivity index (χ1n) is 8.17. The minimum Gasteiger partial charge on any atom is -0.387 e. The van der Waals surface area contributed by atoms with Crippen LogP contribution < -0.4 is 5.32 Å². The van der Waals surface area contributed by atoms with Crippen molar-refractivity contribution in [3.8, 4) is 11.1 Å². The van der Waals surface area contributed by atoms with Gasteiger partial charge in [-0.25, -0.2) is 14.4 Å². The monoisotopic (exact) mass is 365 g/mol. The van der Waals surface area contributed by atoms with Gasteiger partial charge in [-0.15, -0.1) is 11.3 Å². The molecule has 0 amide bonds. The molecule has 2 aromatic heterocycles. The maximum absolute atomic E-state index is 13.2. The van der Waals surface area contributed by atoms with Crippen molar-refractivity contribution in [1.29, 1.82) is 0 Å². The summed E-state index contributed by atoms with van der Waals surface area (Å²) in [5.41, 5.74) is 2.69. The van der Waals surface area contributed by atoms with E-state index in [0.717, 1.165) is 26.9 Å². The molecule has 4 aromatic rings. The van der Waals surface area contributed by atoms with Crippen LogP contribution in [-0.2, 0) is 0 Å². The van der Waals surface area contributed by atoms with Crippen LogP contribution in [0.4, 0.5) is 10.2 Å². The van der Waals surface area contributed by atoms with Crippen LogP contribution in [0.25, 0.3) is 21.3 Å². The van der Waals surface area contributed by atoms with E-state index in [2.05, 4.69) is 15.3 Å². The van der Waals surface area contributed by atoms with Gasteiger partial charge in [0.05, 0.1) is 11.5 Å². The molecule has 1 unspecified atom stereocenters. The number of rotatable bonds is 5. The Balaban J connectivity index is 1.65. The Hall–Kier alpha value is -2.83. The molecule has 0 saturated carbocycles. The van der Waals surface area contributed by atoms with Crippen molar-refractivity contribution < 1.29 is 9.50 Å². The Morgan fingerprint density at radius 2 is 1.81 bits per heavy atom. The summed E-state index contributed by atoms with van der Waals surface area (Å²) in [4.78, 5) is 9.51. The zero-order valence-corrected chi connectivity index (χ0v) is 14.6. The first-order valence-corrected chi connectivity index (χ1v) is 9.05. The number of benzene rings is 2.